The number of piperidine rings is 2. The fourth-order valence-electron chi connectivity index (χ4n) is 7.28. The van der Waals surface area contributed by atoms with E-state index in [4.69, 9.17) is 17.3 Å². The van der Waals surface area contributed by atoms with Gasteiger partial charge in [0.2, 0.25) is 5.91 Å². The molecule has 1 aromatic heterocycles. The zero-order chi connectivity index (χ0) is 30.8. The van der Waals surface area contributed by atoms with Crippen LogP contribution in [0.25, 0.3) is 0 Å². The molecule has 6 rings (SSSR count). The predicted octanol–water partition coefficient (Wildman–Crippen LogP) is 4.55. The maximum atomic E-state index is 14.0. The van der Waals surface area contributed by atoms with Crippen molar-refractivity contribution in [3.63, 3.8) is 0 Å². The molecule has 3 saturated heterocycles. The molecule has 1 atom stereocenters. The van der Waals surface area contributed by atoms with E-state index in [0.29, 0.717) is 68.7 Å². The molecule has 10 nitrogen and oxygen atoms in total. The standard InChI is InChI=1S/C32H44ClN7O3S/c1-21-16-22(17-26(33)29(21)34)18-27(30(41)38-11-5-24(6-12-38)37-9-2-3-10-37)35-31(42)39-13-7-25(8-14-39)40-15-4-23-19-44-20-28(23)36-32(40)43/h16-17,19-20,24-25,27H,2-15,18,34H2,1H3,(H,35,42)(H,36,43)/t27-/m1/s1. The molecular formula is C32H44ClN7O3S. The Morgan fingerprint density at radius 1 is 1.00 bits per heavy atom. The van der Waals surface area contributed by atoms with Crippen LogP contribution in [0, 0.1) is 6.92 Å². The second-order valence-corrected chi connectivity index (χ2v) is 13.9. The van der Waals surface area contributed by atoms with Crippen LogP contribution in [-0.2, 0) is 17.6 Å². The minimum Gasteiger partial charge on any atom is -0.397 e. The SMILES string of the molecule is Cc1cc(C[C@@H](NC(=O)N2CCC(N3CCc4cscc4NC3=O)CC2)C(=O)N2CCC(N3CCCC3)CC2)cc(Cl)c1N. The number of amides is 5. The maximum Gasteiger partial charge on any atom is 0.322 e. The number of carbonyl (C=O) groups excluding carboxylic acids is 3. The summed E-state index contributed by atoms with van der Waals surface area (Å²) in [7, 11) is 0. The Morgan fingerprint density at radius 2 is 1.68 bits per heavy atom. The zero-order valence-electron chi connectivity index (χ0n) is 25.5. The number of urea groups is 2. The van der Waals surface area contributed by atoms with Crippen LogP contribution < -0.4 is 16.4 Å². The average molecular weight is 642 g/mol. The van der Waals surface area contributed by atoms with Crippen molar-refractivity contribution in [2.24, 2.45) is 0 Å². The van der Waals surface area contributed by atoms with Crippen molar-refractivity contribution >= 4 is 52.3 Å². The number of benzene rings is 1. The molecule has 0 radical (unpaired) electrons. The van der Waals surface area contributed by atoms with Gasteiger partial charge in [0.15, 0.2) is 0 Å². The van der Waals surface area contributed by atoms with Crippen LogP contribution in [-0.4, -0.2) is 102 Å². The molecule has 44 heavy (non-hydrogen) atoms. The number of anilines is 2. The van der Waals surface area contributed by atoms with Gasteiger partial charge < -0.3 is 36.0 Å². The van der Waals surface area contributed by atoms with Gasteiger partial charge in [-0.1, -0.05) is 17.7 Å². The Balaban J connectivity index is 1.09. The third-order valence-electron chi connectivity index (χ3n) is 9.92. The molecule has 5 amide bonds. The lowest BCUT2D eigenvalue weighted by molar-refractivity contribution is -0.134. The molecule has 3 fully saturated rings. The zero-order valence-corrected chi connectivity index (χ0v) is 27.1. The monoisotopic (exact) mass is 641 g/mol. The fourth-order valence-corrected chi connectivity index (χ4v) is 8.40. The number of thiophene rings is 1. The van der Waals surface area contributed by atoms with Crippen molar-refractivity contribution in [3.8, 4) is 0 Å². The molecular weight excluding hydrogens is 598 g/mol. The van der Waals surface area contributed by atoms with Crippen LogP contribution in [0.5, 0.6) is 0 Å². The van der Waals surface area contributed by atoms with Gasteiger partial charge in [0, 0.05) is 56.6 Å². The van der Waals surface area contributed by atoms with E-state index < -0.39 is 6.04 Å². The number of nitrogens with two attached hydrogens (primary N) is 1. The van der Waals surface area contributed by atoms with E-state index >= 15 is 0 Å². The topological polar surface area (TPSA) is 114 Å². The summed E-state index contributed by atoms with van der Waals surface area (Å²) < 4.78 is 0. The van der Waals surface area contributed by atoms with Crippen LogP contribution in [0.4, 0.5) is 21.0 Å². The van der Waals surface area contributed by atoms with Crippen molar-refractivity contribution < 1.29 is 14.4 Å². The van der Waals surface area contributed by atoms with Gasteiger partial charge in [-0.25, -0.2) is 9.59 Å². The van der Waals surface area contributed by atoms with Crippen LogP contribution in [0.2, 0.25) is 5.02 Å². The largest absolute Gasteiger partial charge is 0.397 e. The van der Waals surface area contributed by atoms with Gasteiger partial charge in [-0.2, -0.15) is 0 Å². The van der Waals surface area contributed by atoms with Gasteiger partial charge in [-0.3, -0.25) is 4.79 Å². The number of nitrogens with zero attached hydrogens (tertiary/aromatic N) is 4. The first kappa shape index (κ1) is 31.0. The minimum atomic E-state index is -0.710. The molecule has 238 valence electrons. The molecule has 0 aliphatic carbocycles. The van der Waals surface area contributed by atoms with E-state index in [2.05, 4.69) is 20.9 Å². The quantitative estimate of drug-likeness (QED) is 0.401. The summed E-state index contributed by atoms with van der Waals surface area (Å²) in [5, 5.41) is 10.7. The fraction of sp³-hybridized carbons (Fsp3) is 0.594. The van der Waals surface area contributed by atoms with Gasteiger partial charge in [0.05, 0.1) is 16.4 Å². The summed E-state index contributed by atoms with van der Waals surface area (Å²) in [6, 6.07) is 3.33. The Bertz CT molecular complexity index is 1340. The number of nitrogen functional groups attached to an aromatic ring is 1. The number of hydrogen-bond acceptors (Lipinski definition) is 6. The lowest BCUT2D eigenvalue weighted by Gasteiger charge is -2.39. The minimum absolute atomic E-state index is 0.0488. The number of nitrogens with one attached hydrogen (secondary N) is 2. The number of rotatable bonds is 6. The van der Waals surface area contributed by atoms with Gasteiger partial charge in [0.1, 0.15) is 6.04 Å². The molecule has 5 heterocycles. The highest BCUT2D eigenvalue weighted by Crippen LogP contribution is 2.29. The third kappa shape index (κ3) is 6.79. The van der Waals surface area contributed by atoms with E-state index in [1.54, 1.807) is 22.3 Å². The van der Waals surface area contributed by atoms with Gasteiger partial charge in [0.25, 0.3) is 0 Å². The Labute approximate surface area is 268 Å². The normalized spacial score (nSPS) is 21.1. The van der Waals surface area contributed by atoms with Gasteiger partial charge in [-0.05, 0) is 93.1 Å². The number of carbonyl (C=O) groups is 3. The summed E-state index contributed by atoms with van der Waals surface area (Å²) in [5.74, 6) is -0.0488. The molecule has 4 N–H and O–H groups in total. The van der Waals surface area contributed by atoms with Crippen LogP contribution >= 0.6 is 22.9 Å². The van der Waals surface area contributed by atoms with Crippen LogP contribution in [0.15, 0.2) is 22.9 Å². The molecule has 4 aliphatic heterocycles. The highest BCUT2D eigenvalue weighted by molar-refractivity contribution is 7.08. The van der Waals surface area contributed by atoms with Gasteiger partial charge in [-0.15, -0.1) is 11.3 Å². The summed E-state index contributed by atoms with van der Waals surface area (Å²) >= 11 is 8.01. The summed E-state index contributed by atoms with van der Waals surface area (Å²) in [4.78, 5) is 48.7. The van der Waals surface area contributed by atoms with Crippen LogP contribution in [0.3, 0.4) is 0 Å². The Morgan fingerprint density at radius 3 is 2.39 bits per heavy atom. The molecule has 0 bridgehead atoms. The second kappa shape index (κ2) is 13.5. The summed E-state index contributed by atoms with van der Waals surface area (Å²) in [6.07, 6.45) is 7.00. The van der Waals surface area contributed by atoms with E-state index in [-0.39, 0.29) is 24.0 Å². The van der Waals surface area contributed by atoms with Crippen molar-refractivity contribution in [2.75, 3.05) is 56.9 Å². The average Bonchev–Trinajstić information content (AvgIpc) is 3.70. The highest BCUT2D eigenvalue weighted by Gasteiger charge is 2.35. The van der Waals surface area contributed by atoms with Crippen molar-refractivity contribution in [1.82, 2.24) is 24.9 Å². The van der Waals surface area contributed by atoms with Crippen molar-refractivity contribution in [3.05, 3.63) is 44.6 Å². The molecule has 0 unspecified atom stereocenters. The number of halogens is 1. The van der Waals surface area contributed by atoms with E-state index in [0.717, 1.165) is 49.2 Å². The summed E-state index contributed by atoms with van der Waals surface area (Å²) in [6.45, 7) is 7.32. The Hall–Kier alpha value is -3.02. The first-order valence-corrected chi connectivity index (χ1v) is 17.3. The smallest absolute Gasteiger partial charge is 0.322 e. The lowest BCUT2D eigenvalue weighted by Crippen LogP contribution is -2.57. The van der Waals surface area contributed by atoms with Gasteiger partial charge >= 0.3 is 12.1 Å². The molecule has 4 aliphatic rings. The maximum absolute atomic E-state index is 14.0. The number of hydrogen-bond donors (Lipinski definition) is 3. The third-order valence-corrected chi connectivity index (χ3v) is 11.0. The van der Waals surface area contributed by atoms with Crippen LogP contribution in [0.1, 0.15) is 55.2 Å². The van der Waals surface area contributed by atoms with E-state index in [1.165, 1.54) is 18.4 Å². The summed E-state index contributed by atoms with van der Waals surface area (Å²) in [5.41, 5.74) is 10.4. The lowest BCUT2D eigenvalue weighted by atomic mass is 9.99. The first-order chi connectivity index (χ1) is 21.3. The highest BCUT2D eigenvalue weighted by atomic mass is 35.5. The molecule has 2 aromatic rings. The van der Waals surface area contributed by atoms with Crippen molar-refractivity contribution in [2.45, 2.75) is 76.4 Å². The molecule has 0 saturated carbocycles. The molecule has 0 spiro atoms. The predicted molar refractivity (Wildman–Crippen MR) is 175 cm³/mol. The first-order valence-electron chi connectivity index (χ1n) is 16.0. The number of likely N-dealkylation sites (tertiary alicyclic amines) is 3. The van der Waals surface area contributed by atoms with E-state index in [9.17, 15) is 14.4 Å². The number of fused-ring (bicyclic) bond motifs is 1. The molecule has 1 aromatic carbocycles. The Kier molecular flexibility index (Phi) is 9.53. The van der Waals surface area contributed by atoms with Crippen molar-refractivity contribution in [1.29, 1.82) is 0 Å². The van der Waals surface area contributed by atoms with E-state index in [1.807, 2.05) is 28.2 Å². The number of aryl methyl sites for hydroxylation is 1. The molecule has 12 heteroatoms. The second-order valence-electron chi connectivity index (χ2n) is 12.7.